The van der Waals surface area contributed by atoms with Crippen LogP contribution in [0.15, 0.2) is 24.4 Å². The van der Waals surface area contributed by atoms with Crippen LogP contribution in [0.4, 0.5) is 0 Å². The molecule has 2 aromatic rings. The van der Waals surface area contributed by atoms with Gasteiger partial charge in [-0.25, -0.2) is 9.67 Å². The van der Waals surface area contributed by atoms with Crippen LogP contribution in [0.25, 0.3) is 11.5 Å². The molecule has 1 aliphatic rings. The standard InChI is InChI=1S/C12H12N4O2/c17-12(18)8-4-6-16-10(7-8)14-11(15-16)9-3-1-2-5-13-9/h1-3,5,8H,4,6-7H2,(H,17,18). The molecule has 1 N–H and O–H groups in total. The molecule has 92 valence electrons. The molecule has 1 unspecified atom stereocenters. The lowest BCUT2D eigenvalue weighted by atomic mass is 9.98. The van der Waals surface area contributed by atoms with Crippen molar-refractivity contribution >= 4 is 5.97 Å². The third-order valence-corrected chi connectivity index (χ3v) is 3.11. The van der Waals surface area contributed by atoms with E-state index in [1.54, 1.807) is 10.9 Å². The number of aliphatic carboxylic acids is 1. The summed E-state index contributed by atoms with van der Waals surface area (Å²) in [5.41, 5.74) is 0.714. The van der Waals surface area contributed by atoms with Gasteiger partial charge in [-0.2, -0.15) is 0 Å². The van der Waals surface area contributed by atoms with E-state index in [0.717, 1.165) is 5.82 Å². The Kier molecular flexibility index (Phi) is 2.55. The normalized spacial score (nSPS) is 18.3. The molecule has 0 fully saturated rings. The van der Waals surface area contributed by atoms with Crippen molar-refractivity contribution in [3.63, 3.8) is 0 Å². The molecule has 0 aliphatic carbocycles. The molecule has 0 spiro atoms. The molecule has 0 amide bonds. The van der Waals surface area contributed by atoms with Gasteiger partial charge in [0.1, 0.15) is 11.5 Å². The summed E-state index contributed by atoms with van der Waals surface area (Å²) in [6.45, 7) is 0.603. The minimum absolute atomic E-state index is 0.349. The molecule has 0 saturated carbocycles. The summed E-state index contributed by atoms with van der Waals surface area (Å²) in [6, 6.07) is 5.55. The quantitative estimate of drug-likeness (QED) is 0.851. The first-order valence-corrected chi connectivity index (χ1v) is 5.82. The Balaban J connectivity index is 1.92. The first-order chi connectivity index (χ1) is 8.74. The van der Waals surface area contributed by atoms with Crippen molar-refractivity contribution < 1.29 is 9.90 Å². The lowest BCUT2D eigenvalue weighted by Gasteiger charge is -2.17. The monoisotopic (exact) mass is 244 g/mol. The molecule has 0 aromatic carbocycles. The van der Waals surface area contributed by atoms with Gasteiger partial charge in [0.2, 0.25) is 0 Å². The second kappa shape index (κ2) is 4.21. The molecule has 2 aromatic heterocycles. The summed E-state index contributed by atoms with van der Waals surface area (Å²) in [4.78, 5) is 19.5. The highest BCUT2D eigenvalue weighted by Crippen LogP contribution is 2.21. The van der Waals surface area contributed by atoms with E-state index in [-0.39, 0.29) is 5.92 Å². The van der Waals surface area contributed by atoms with Crippen molar-refractivity contribution in [1.29, 1.82) is 0 Å². The SMILES string of the molecule is O=C(O)C1CCn2nc(-c3ccccn3)nc2C1. The predicted molar refractivity (Wildman–Crippen MR) is 62.7 cm³/mol. The molecule has 6 nitrogen and oxygen atoms in total. The van der Waals surface area contributed by atoms with Crippen molar-refractivity contribution in [2.24, 2.45) is 5.92 Å². The van der Waals surface area contributed by atoms with Crippen molar-refractivity contribution in [3.05, 3.63) is 30.2 Å². The molecule has 1 aliphatic heterocycles. The Morgan fingerprint density at radius 2 is 2.33 bits per heavy atom. The Bertz CT molecular complexity index is 579. The molecule has 0 bridgehead atoms. The molecule has 3 rings (SSSR count). The van der Waals surface area contributed by atoms with Crippen LogP contribution in [0, 0.1) is 5.92 Å². The van der Waals surface area contributed by atoms with E-state index in [1.807, 2.05) is 18.2 Å². The predicted octanol–water partition coefficient (Wildman–Crippen LogP) is 0.987. The highest BCUT2D eigenvalue weighted by molar-refractivity contribution is 5.70. The van der Waals surface area contributed by atoms with Crippen LogP contribution < -0.4 is 0 Å². The third kappa shape index (κ3) is 1.85. The van der Waals surface area contributed by atoms with Crippen LogP contribution >= 0.6 is 0 Å². The Morgan fingerprint density at radius 3 is 3.06 bits per heavy atom. The van der Waals surface area contributed by atoms with Crippen LogP contribution in [-0.4, -0.2) is 30.8 Å². The second-order valence-electron chi connectivity index (χ2n) is 4.32. The number of carboxylic acids is 1. The minimum Gasteiger partial charge on any atom is -0.481 e. The van der Waals surface area contributed by atoms with Gasteiger partial charge in [0.15, 0.2) is 5.82 Å². The summed E-state index contributed by atoms with van der Waals surface area (Å²) in [6.07, 6.45) is 2.73. The van der Waals surface area contributed by atoms with Gasteiger partial charge in [0.05, 0.1) is 5.92 Å². The topological polar surface area (TPSA) is 80.9 Å². The fourth-order valence-electron chi connectivity index (χ4n) is 2.12. The maximum atomic E-state index is 11.0. The third-order valence-electron chi connectivity index (χ3n) is 3.11. The first kappa shape index (κ1) is 10.9. The molecule has 0 radical (unpaired) electrons. The van der Waals surface area contributed by atoms with Crippen molar-refractivity contribution in [3.8, 4) is 11.5 Å². The molecular formula is C12H12N4O2. The average molecular weight is 244 g/mol. The summed E-state index contributed by atoms with van der Waals surface area (Å²) in [7, 11) is 0. The first-order valence-electron chi connectivity index (χ1n) is 5.82. The number of rotatable bonds is 2. The number of hydrogen-bond acceptors (Lipinski definition) is 4. The van der Waals surface area contributed by atoms with Gasteiger partial charge in [-0.3, -0.25) is 9.78 Å². The molecular weight excluding hydrogens is 232 g/mol. The number of nitrogens with zero attached hydrogens (tertiary/aromatic N) is 4. The fraction of sp³-hybridized carbons (Fsp3) is 0.333. The number of carbonyl (C=O) groups is 1. The smallest absolute Gasteiger partial charge is 0.307 e. The van der Waals surface area contributed by atoms with Crippen LogP contribution in [0.2, 0.25) is 0 Å². The molecule has 3 heterocycles. The number of carboxylic acid groups (broad SMARTS) is 1. The second-order valence-corrected chi connectivity index (χ2v) is 4.32. The zero-order chi connectivity index (χ0) is 12.5. The van der Waals surface area contributed by atoms with Gasteiger partial charge >= 0.3 is 5.97 Å². The van der Waals surface area contributed by atoms with E-state index in [2.05, 4.69) is 15.1 Å². The molecule has 6 heteroatoms. The van der Waals surface area contributed by atoms with E-state index >= 15 is 0 Å². The molecule has 0 saturated heterocycles. The van der Waals surface area contributed by atoms with Crippen LogP contribution in [0.1, 0.15) is 12.2 Å². The van der Waals surface area contributed by atoms with Gasteiger partial charge < -0.3 is 5.11 Å². The Hall–Kier alpha value is -2.24. The maximum Gasteiger partial charge on any atom is 0.307 e. The van der Waals surface area contributed by atoms with Gasteiger partial charge in [0, 0.05) is 19.2 Å². The van der Waals surface area contributed by atoms with Gasteiger partial charge in [-0.1, -0.05) is 6.07 Å². The van der Waals surface area contributed by atoms with Crippen LogP contribution in [0.5, 0.6) is 0 Å². The van der Waals surface area contributed by atoms with E-state index in [4.69, 9.17) is 5.11 Å². The van der Waals surface area contributed by atoms with E-state index < -0.39 is 5.97 Å². The number of pyridine rings is 1. The number of aryl methyl sites for hydroxylation is 1. The average Bonchev–Trinajstić information content (AvgIpc) is 2.82. The van der Waals surface area contributed by atoms with Gasteiger partial charge in [-0.15, -0.1) is 5.10 Å². The van der Waals surface area contributed by atoms with Gasteiger partial charge in [-0.05, 0) is 18.6 Å². The zero-order valence-electron chi connectivity index (χ0n) is 9.65. The minimum atomic E-state index is -0.761. The van der Waals surface area contributed by atoms with Crippen molar-refractivity contribution in [1.82, 2.24) is 19.7 Å². The summed E-state index contributed by atoms with van der Waals surface area (Å²) >= 11 is 0. The molecule has 18 heavy (non-hydrogen) atoms. The lowest BCUT2D eigenvalue weighted by molar-refractivity contribution is -0.142. The highest BCUT2D eigenvalue weighted by Gasteiger charge is 2.27. The van der Waals surface area contributed by atoms with E-state index in [1.165, 1.54) is 0 Å². The number of aromatic nitrogens is 4. The van der Waals surface area contributed by atoms with E-state index in [0.29, 0.717) is 30.9 Å². The van der Waals surface area contributed by atoms with Crippen LogP contribution in [0.3, 0.4) is 0 Å². The zero-order valence-corrected chi connectivity index (χ0v) is 9.65. The Morgan fingerprint density at radius 1 is 1.44 bits per heavy atom. The van der Waals surface area contributed by atoms with Crippen LogP contribution in [-0.2, 0) is 17.8 Å². The molecule has 1 atom stereocenters. The maximum absolute atomic E-state index is 11.0. The van der Waals surface area contributed by atoms with Crippen molar-refractivity contribution in [2.75, 3.05) is 0 Å². The Labute approximate surface area is 103 Å². The fourth-order valence-corrected chi connectivity index (χ4v) is 2.12. The summed E-state index contributed by atoms with van der Waals surface area (Å²) in [5, 5.41) is 13.4. The van der Waals surface area contributed by atoms with Crippen molar-refractivity contribution in [2.45, 2.75) is 19.4 Å². The largest absolute Gasteiger partial charge is 0.481 e. The summed E-state index contributed by atoms with van der Waals surface area (Å²) in [5.74, 6) is 0.188. The lowest BCUT2D eigenvalue weighted by Crippen LogP contribution is -2.26. The summed E-state index contributed by atoms with van der Waals surface area (Å²) < 4.78 is 1.78. The van der Waals surface area contributed by atoms with E-state index in [9.17, 15) is 4.79 Å². The van der Waals surface area contributed by atoms with Gasteiger partial charge in [0.25, 0.3) is 0 Å². The number of fused-ring (bicyclic) bond motifs is 1. The number of hydrogen-bond donors (Lipinski definition) is 1. The highest BCUT2D eigenvalue weighted by atomic mass is 16.4.